The molecular formula is C9H10BrFN2. The van der Waals surface area contributed by atoms with Crippen molar-refractivity contribution in [2.45, 2.75) is 6.54 Å². The van der Waals surface area contributed by atoms with E-state index >= 15 is 0 Å². The van der Waals surface area contributed by atoms with Crippen molar-refractivity contribution in [1.29, 1.82) is 0 Å². The Kier molecular flexibility index (Phi) is 4.05. The van der Waals surface area contributed by atoms with E-state index in [1.54, 1.807) is 12.1 Å². The van der Waals surface area contributed by atoms with Crippen molar-refractivity contribution in [3.63, 3.8) is 0 Å². The lowest BCUT2D eigenvalue weighted by atomic mass is 10.2. The third-order valence-corrected chi connectivity index (χ3v) is 2.37. The Bertz CT molecular complexity index is 302. The zero-order valence-corrected chi connectivity index (χ0v) is 8.64. The van der Waals surface area contributed by atoms with Crippen LogP contribution in [0.5, 0.6) is 0 Å². The summed E-state index contributed by atoms with van der Waals surface area (Å²) in [5, 5.41) is 3.08. The Morgan fingerprint density at radius 2 is 2.46 bits per heavy atom. The molecule has 0 aliphatic rings. The van der Waals surface area contributed by atoms with Crippen LogP contribution in [0, 0.1) is 5.95 Å². The predicted molar refractivity (Wildman–Crippen MR) is 53.8 cm³/mol. The molecular weight excluding hydrogens is 235 g/mol. The second-order valence-corrected chi connectivity index (χ2v) is 3.29. The molecule has 0 spiro atoms. The van der Waals surface area contributed by atoms with Crippen LogP contribution in [0.3, 0.4) is 0 Å². The lowest BCUT2D eigenvalue weighted by Gasteiger charge is -2.04. The molecule has 2 nitrogen and oxygen atoms in total. The number of hydrogen-bond donors (Lipinski definition) is 1. The van der Waals surface area contributed by atoms with Crippen LogP contribution in [0.2, 0.25) is 0 Å². The minimum Gasteiger partial charge on any atom is -0.309 e. The second kappa shape index (κ2) is 5.09. The molecule has 4 heteroatoms. The summed E-state index contributed by atoms with van der Waals surface area (Å²) in [6.07, 6.45) is 3.20. The fourth-order valence-corrected chi connectivity index (χ4v) is 1.28. The fourth-order valence-electron chi connectivity index (χ4n) is 0.900. The highest BCUT2D eigenvalue weighted by molar-refractivity contribution is 9.10. The van der Waals surface area contributed by atoms with Gasteiger partial charge in [-0.1, -0.05) is 6.08 Å². The van der Waals surface area contributed by atoms with Gasteiger partial charge in [0, 0.05) is 19.3 Å². The summed E-state index contributed by atoms with van der Waals surface area (Å²) in [5.41, 5.74) is 0.856. The molecule has 1 aromatic rings. The Morgan fingerprint density at radius 1 is 1.69 bits per heavy atom. The van der Waals surface area contributed by atoms with E-state index in [0.29, 0.717) is 17.6 Å². The molecule has 0 saturated heterocycles. The topological polar surface area (TPSA) is 24.9 Å². The molecule has 0 aliphatic heterocycles. The molecule has 0 atom stereocenters. The highest BCUT2D eigenvalue weighted by Crippen LogP contribution is 2.17. The van der Waals surface area contributed by atoms with Crippen molar-refractivity contribution < 1.29 is 4.39 Å². The van der Waals surface area contributed by atoms with Crippen molar-refractivity contribution in [3.8, 4) is 0 Å². The van der Waals surface area contributed by atoms with Gasteiger partial charge in [-0.3, -0.25) is 0 Å². The minimum absolute atomic E-state index is 0.423. The van der Waals surface area contributed by atoms with Gasteiger partial charge in [-0.25, -0.2) is 4.98 Å². The molecule has 0 fully saturated rings. The first kappa shape index (κ1) is 10.3. The lowest BCUT2D eigenvalue weighted by molar-refractivity contribution is 0.571. The number of aromatic nitrogens is 1. The number of rotatable bonds is 4. The van der Waals surface area contributed by atoms with Crippen LogP contribution in [0.25, 0.3) is 0 Å². The maximum absolute atomic E-state index is 12.9. The third kappa shape index (κ3) is 2.90. The van der Waals surface area contributed by atoms with Gasteiger partial charge in [0.1, 0.15) is 0 Å². The lowest BCUT2D eigenvalue weighted by Crippen LogP contribution is -2.13. The fraction of sp³-hybridized carbons (Fsp3) is 0.222. The van der Waals surface area contributed by atoms with Crippen molar-refractivity contribution in [2.24, 2.45) is 0 Å². The molecule has 0 bridgehead atoms. The number of nitrogens with one attached hydrogen (secondary N) is 1. The molecule has 13 heavy (non-hydrogen) atoms. The first-order chi connectivity index (χ1) is 6.25. The Hall–Kier alpha value is -0.740. The zero-order chi connectivity index (χ0) is 9.68. The first-order valence-electron chi connectivity index (χ1n) is 3.86. The number of pyridine rings is 1. The van der Waals surface area contributed by atoms with Crippen LogP contribution in [0.1, 0.15) is 5.56 Å². The highest BCUT2D eigenvalue weighted by atomic mass is 79.9. The maximum Gasteiger partial charge on any atom is 0.227 e. The van der Waals surface area contributed by atoms with Gasteiger partial charge in [0.25, 0.3) is 0 Å². The Labute approximate surface area is 85.0 Å². The predicted octanol–water partition coefficient (Wildman–Crippen LogP) is 2.26. The summed E-state index contributed by atoms with van der Waals surface area (Å²) >= 11 is 3.13. The number of halogens is 2. The van der Waals surface area contributed by atoms with Gasteiger partial charge in [-0.2, -0.15) is 4.39 Å². The average Bonchev–Trinajstić information content (AvgIpc) is 2.13. The van der Waals surface area contributed by atoms with Gasteiger partial charge >= 0.3 is 0 Å². The van der Waals surface area contributed by atoms with E-state index in [4.69, 9.17) is 0 Å². The van der Waals surface area contributed by atoms with Crippen molar-refractivity contribution in [2.75, 3.05) is 6.54 Å². The molecule has 0 saturated carbocycles. The van der Waals surface area contributed by atoms with Crippen LogP contribution < -0.4 is 5.32 Å². The van der Waals surface area contributed by atoms with Crippen LogP contribution in [0.4, 0.5) is 4.39 Å². The third-order valence-electron chi connectivity index (χ3n) is 1.53. The second-order valence-electron chi connectivity index (χ2n) is 2.49. The van der Waals surface area contributed by atoms with Crippen LogP contribution >= 0.6 is 15.9 Å². The highest BCUT2D eigenvalue weighted by Gasteiger charge is 2.04. The van der Waals surface area contributed by atoms with E-state index in [1.807, 2.05) is 0 Å². The molecule has 0 aliphatic carbocycles. The summed E-state index contributed by atoms with van der Waals surface area (Å²) < 4.78 is 13.3. The molecule has 0 amide bonds. The van der Waals surface area contributed by atoms with Gasteiger partial charge in [-0.05, 0) is 27.6 Å². The molecule has 1 heterocycles. The Balaban J connectivity index is 2.65. The van der Waals surface area contributed by atoms with Crippen LogP contribution in [-0.4, -0.2) is 11.5 Å². The van der Waals surface area contributed by atoms with Crippen molar-refractivity contribution >= 4 is 15.9 Å². The Morgan fingerprint density at radius 3 is 3.15 bits per heavy atom. The summed E-state index contributed by atoms with van der Waals surface area (Å²) in [6.45, 7) is 4.88. The quantitative estimate of drug-likeness (QED) is 0.500. The first-order valence-corrected chi connectivity index (χ1v) is 4.65. The molecule has 1 rings (SSSR count). The normalized spacial score (nSPS) is 10.0. The van der Waals surface area contributed by atoms with Crippen molar-refractivity contribution in [3.05, 3.63) is 40.9 Å². The number of nitrogens with zero attached hydrogens (tertiary/aromatic N) is 1. The van der Waals surface area contributed by atoms with E-state index in [-0.39, 0.29) is 0 Å². The molecule has 1 N–H and O–H groups in total. The summed E-state index contributed by atoms with van der Waals surface area (Å²) in [4.78, 5) is 3.51. The van der Waals surface area contributed by atoms with Crippen LogP contribution in [0.15, 0.2) is 29.4 Å². The number of hydrogen-bond acceptors (Lipinski definition) is 2. The average molecular weight is 245 g/mol. The summed E-state index contributed by atoms with van der Waals surface area (Å²) in [6, 6.07) is 1.77. The van der Waals surface area contributed by atoms with E-state index in [1.165, 1.54) is 6.20 Å². The van der Waals surface area contributed by atoms with Crippen LogP contribution in [-0.2, 0) is 6.54 Å². The molecule has 1 aromatic heterocycles. The SMILES string of the molecule is C=CCNCc1ccnc(F)c1Br. The van der Waals surface area contributed by atoms with Gasteiger partial charge in [0.05, 0.1) is 4.47 Å². The maximum atomic E-state index is 12.9. The standard InChI is InChI=1S/C9H10BrFN2/c1-2-4-12-6-7-3-5-13-9(11)8(7)10/h2-3,5,12H,1,4,6H2. The monoisotopic (exact) mass is 244 g/mol. The van der Waals surface area contributed by atoms with E-state index in [2.05, 4.69) is 32.8 Å². The van der Waals surface area contributed by atoms with Gasteiger partial charge in [0.15, 0.2) is 0 Å². The van der Waals surface area contributed by atoms with E-state index in [9.17, 15) is 4.39 Å². The van der Waals surface area contributed by atoms with Gasteiger partial charge in [-0.15, -0.1) is 6.58 Å². The van der Waals surface area contributed by atoms with E-state index in [0.717, 1.165) is 5.56 Å². The largest absolute Gasteiger partial charge is 0.309 e. The van der Waals surface area contributed by atoms with E-state index < -0.39 is 5.95 Å². The molecule has 0 radical (unpaired) electrons. The molecule has 70 valence electrons. The van der Waals surface area contributed by atoms with Gasteiger partial charge < -0.3 is 5.32 Å². The zero-order valence-electron chi connectivity index (χ0n) is 7.06. The minimum atomic E-state index is -0.474. The summed E-state index contributed by atoms with van der Waals surface area (Å²) in [7, 11) is 0. The summed E-state index contributed by atoms with van der Waals surface area (Å²) in [5.74, 6) is -0.474. The van der Waals surface area contributed by atoms with Gasteiger partial charge in [0.2, 0.25) is 5.95 Å². The molecule has 0 aromatic carbocycles. The molecule has 0 unspecified atom stereocenters. The van der Waals surface area contributed by atoms with Crippen molar-refractivity contribution in [1.82, 2.24) is 10.3 Å². The smallest absolute Gasteiger partial charge is 0.227 e.